The van der Waals surface area contributed by atoms with Gasteiger partial charge in [-0.25, -0.2) is 8.42 Å². The van der Waals surface area contributed by atoms with Crippen molar-refractivity contribution in [3.63, 3.8) is 0 Å². The summed E-state index contributed by atoms with van der Waals surface area (Å²) in [5.41, 5.74) is 1.56. The first kappa shape index (κ1) is 23.3. The van der Waals surface area contributed by atoms with Crippen molar-refractivity contribution in [1.82, 2.24) is 9.21 Å². The third kappa shape index (κ3) is 5.46. The molecule has 0 saturated carbocycles. The van der Waals surface area contributed by atoms with Crippen LogP contribution in [0, 0.1) is 17.8 Å². The third-order valence-electron chi connectivity index (χ3n) is 5.34. The molecule has 7 heteroatoms. The Morgan fingerprint density at radius 1 is 1.16 bits per heavy atom. The van der Waals surface area contributed by atoms with E-state index in [1.54, 1.807) is 25.1 Å². The normalized spacial score (nSPS) is 21.7. The van der Waals surface area contributed by atoms with Crippen LogP contribution >= 0.6 is 0 Å². The van der Waals surface area contributed by atoms with Gasteiger partial charge in [-0.1, -0.05) is 37.0 Å². The highest BCUT2D eigenvalue weighted by Crippen LogP contribution is 2.34. The quantitative estimate of drug-likeness (QED) is 0.737. The Kier molecular flexibility index (Phi) is 7.39. The molecular formula is C24H30N2O4S. The molecule has 0 saturated heterocycles. The lowest BCUT2D eigenvalue weighted by molar-refractivity contribution is 0.0812. The number of fused-ring (bicyclic) bond motifs is 1. The Balaban J connectivity index is 2.08. The molecule has 0 spiro atoms. The molecule has 0 bridgehead atoms. The molecule has 1 heterocycles. The molecule has 31 heavy (non-hydrogen) atoms. The van der Waals surface area contributed by atoms with Crippen LogP contribution in [0.25, 0.3) is 0 Å². The first-order valence-corrected chi connectivity index (χ1v) is 11.8. The average Bonchev–Trinajstić information content (AvgIpc) is 2.74. The molecule has 0 amide bonds. The van der Waals surface area contributed by atoms with E-state index in [4.69, 9.17) is 4.74 Å². The maximum atomic E-state index is 13.4. The number of hydrogen-bond donors (Lipinski definition) is 1. The third-order valence-corrected chi connectivity index (χ3v) is 7.36. The first-order valence-electron chi connectivity index (χ1n) is 10.4. The standard InChI is InChI=1S/C24H30N2O4S/c1-18-15-26(19(2)17-27)31(28,29)24-13-12-21(11-10-20-8-6-5-7-9-20)14-22(24)30-23(18)16-25(3)4/h5-9,12-14,18-19,23,27H,15-17H2,1-4H3/t18-,19+,23+/m1/s1. The molecule has 166 valence electrons. The van der Waals surface area contributed by atoms with Gasteiger partial charge in [0, 0.05) is 36.2 Å². The van der Waals surface area contributed by atoms with E-state index in [9.17, 15) is 13.5 Å². The van der Waals surface area contributed by atoms with E-state index in [0.717, 1.165) is 5.56 Å². The zero-order valence-electron chi connectivity index (χ0n) is 18.4. The van der Waals surface area contributed by atoms with Crippen molar-refractivity contribution < 1.29 is 18.3 Å². The summed E-state index contributed by atoms with van der Waals surface area (Å²) in [5.74, 6) is 6.42. The molecule has 1 aliphatic heterocycles. The number of hydrogen-bond acceptors (Lipinski definition) is 5. The predicted molar refractivity (Wildman–Crippen MR) is 121 cm³/mol. The van der Waals surface area contributed by atoms with E-state index in [2.05, 4.69) is 11.8 Å². The molecule has 3 rings (SSSR count). The predicted octanol–water partition coefficient (Wildman–Crippen LogP) is 2.42. The van der Waals surface area contributed by atoms with Crippen LogP contribution in [0.1, 0.15) is 25.0 Å². The highest BCUT2D eigenvalue weighted by atomic mass is 32.2. The van der Waals surface area contributed by atoms with E-state index in [1.165, 1.54) is 4.31 Å². The number of aliphatic hydroxyl groups excluding tert-OH is 1. The molecule has 1 aliphatic rings. The number of aliphatic hydroxyl groups is 1. The Labute approximate surface area is 185 Å². The number of nitrogens with zero attached hydrogens (tertiary/aromatic N) is 2. The fourth-order valence-electron chi connectivity index (χ4n) is 3.55. The molecule has 0 aliphatic carbocycles. The van der Waals surface area contributed by atoms with Gasteiger partial charge in [0.05, 0.1) is 6.61 Å². The van der Waals surface area contributed by atoms with Crippen LogP contribution in [0.2, 0.25) is 0 Å². The lowest BCUT2D eigenvalue weighted by Gasteiger charge is -2.37. The number of sulfonamides is 1. The summed E-state index contributed by atoms with van der Waals surface area (Å²) >= 11 is 0. The summed E-state index contributed by atoms with van der Waals surface area (Å²) in [6.07, 6.45) is -0.213. The van der Waals surface area contributed by atoms with Gasteiger partial charge in [-0.05, 0) is 51.4 Å². The van der Waals surface area contributed by atoms with Gasteiger partial charge in [-0.2, -0.15) is 4.31 Å². The van der Waals surface area contributed by atoms with Gasteiger partial charge >= 0.3 is 0 Å². The van der Waals surface area contributed by atoms with Gasteiger partial charge in [0.25, 0.3) is 0 Å². The van der Waals surface area contributed by atoms with Gasteiger partial charge in [-0.3, -0.25) is 0 Å². The molecule has 1 N–H and O–H groups in total. The second-order valence-corrected chi connectivity index (χ2v) is 10.1. The Hall–Kier alpha value is -2.37. The lowest BCUT2D eigenvalue weighted by Crippen LogP contribution is -2.49. The highest BCUT2D eigenvalue weighted by molar-refractivity contribution is 7.89. The van der Waals surface area contributed by atoms with Crippen LogP contribution in [0.4, 0.5) is 0 Å². The summed E-state index contributed by atoms with van der Waals surface area (Å²) in [6.45, 7) is 4.36. The Morgan fingerprint density at radius 3 is 2.48 bits per heavy atom. The minimum absolute atomic E-state index is 0.0709. The van der Waals surface area contributed by atoms with Crippen LogP contribution in [0.3, 0.4) is 0 Å². The van der Waals surface area contributed by atoms with E-state index in [1.807, 2.05) is 56.3 Å². The van der Waals surface area contributed by atoms with Crippen molar-refractivity contribution in [2.24, 2.45) is 5.92 Å². The average molecular weight is 443 g/mol. The van der Waals surface area contributed by atoms with Gasteiger partial charge in [0.2, 0.25) is 10.0 Å². The molecule has 0 radical (unpaired) electrons. The SMILES string of the molecule is C[C@@H]1CN([C@@H](C)CO)S(=O)(=O)c2ccc(C#Cc3ccccc3)cc2O[C@H]1CN(C)C. The molecule has 2 aromatic carbocycles. The van der Waals surface area contributed by atoms with Gasteiger partial charge < -0.3 is 14.7 Å². The summed E-state index contributed by atoms with van der Waals surface area (Å²) in [7, 11) is 0.0853. The van der Waals surface area contributed by atoms with Gasteiger partial charge in [-0.15, -0.1) is 0 Å². The highest BCUT2D eigenvalue weighted by Gasteiger charge is 2.37. The topological polar surface area (TPSA) is 70.1 Å². The van der Waals surface area contributed by atoms with E-state index >= 15 is 0 Å². The fourth-order valence-corrected chi connectivity index (χ4v) is 5.37. The Morgan fingerprint density at radius 2 is 1.84 bits per heavy atom. The number of ether oxygens (including phenoxy) is 1. The van der Waals surface area contributed by atoms with Crippen molar-refractivity contribution in [1.29, 1.82) is 0 Å². The monoisotopic (exact) mass is 442 g/mol. The van der Waals surface area contributed by atoms with Gasteiger partial charge in [0.1, 0.15) is 16.7 Å². The summed E-state index contributed by atoms with van der Waals surface area (Å²) in [5, 5.41) is 9.69. The molecule has 0 aromatic heterocycles. The largest absolute Gasteiger partial charge is 0.487 e. The number of likely N-dealkylation sites (N-methyl/N-ethyl adjacent to an activating group) is 1. The van der Waals surface area contributed by atoms with Crippen LogP contribution in [0.5, 0.6) is 5.75 Å². The van der Waals surface area contributed by atoms with Crippen molar-refractivity contribution in [2.45, 2.75) is 30.9 Å². The number of rotatable bonds is 4. The molecule has 0 fully saturated rings. The van der Waals surface area contributed by atoms with Crippen molar-refractivity contribution >= 4 is 10.0 Å². The van der Waals surface area contributed by atoms with Crippen LogP contribution < -0.4 is 4.74 Å². The first-order chi connectivity index (χ1) is 14.7. The zero-order valence-corrected chi connectivity index (χ0v) is 19.3. The fraction of sp³-hybridized carbons (Fsp3) is 0.417. The maximum absolute atomic E-state index is 13.4. The smallest absolute Gasteiger partial charge is 0.247 e. The van der Waals surface area contributed by atoms with E-state index in [0.29, 0.717) is 17.9 Å². The van der Waals surface area contributed by atoms with Crippen LogP contribution in [-0.4, -0.2) is 68.7 Å². The second-order valence-electron chi connectivity index (χ2n) is 8.28. The second kappa shape index (κ2) is 9.84. The summed E-state index contributed by atoms with van der Waals surface area (Å²) < 4.78 is 34.5. The van der Waals surface area contributed by atoms with E-state index < -0.39 is 16.1 Å². The van der Waals surface area contributed by atoms with Crippen LogP contribution in [0.15, 0.2) is 53.4 Å². The van der Waals surface area contributed by atoms with E-state index in [-0.39, 0.29) is 30.1 Å². The maximum Gasteiger partial charge on any atom is 0.247 e. The van der Waals surface area contributed by atoms with Crippen molar-refractivity contribution in [3.05, 3.63) is 59.7 Å². The van der Waals surface area contributed by atoms with Crippen molar-refractivity contribution in [3.8, 4) is 17.6 Å². The summed E-state index contributed by atoms with van der Waals surface area (Å²) in [4.78, 5) is 2.13. The molecule has 0 unspecified atom stereocenters. The number of benzene rings is 2. The molecule has 3 atom stereocenters. The molecule has 6 nitrogen and oxygen atoms in total. The minimum atomic E-state index is -3.84. The zero-order chi connectivity index (χ0) is 22.6. The lowest BCUT2D eigenvalue weighted by atomic mass is 10.0. The van der Waals surface area contributed by atoms with Gasteiger partial charge in [0.15, 0.2) is 0 Å². The Bertz CT molecular complexity index is 1060. The van der Waals surface area contributed by atoms with Crippen LogP contribution in [-0.2, 0) is 10.0 Å². The molecular weight excluding hydrogens is 412 g/mol. The van der Waals surface area contributed by atoms with Crippen molar-refractivity contribution in [2.75, 3.05) is 33.8 Å². The molecule has 2 aromatic rings. The minimum Gasteiger partial charge on any atom is -0.487 e. The summed E-state index contributed by atoms with van der Waals surface area (Å²) in [6, 6.07) is 14.0.